The Labute approximate surface area is 314 Å². The minimum atomic E-state index is -1.08. The molecule has 4 saturated heterocycles. The summed E-state index contributed by atoms with van der Waals surface area (Å²) in [6.07, 6.45) is 9.77. The first kappa shape index (κ1) is 41.2. The van der Waals surface area contributed by atoms with E-state index in [9.17, 15) is 19.8 Å². The number of aliphatic hydroxyl groups is 1. The van der Waals surface area contributed by atoms with Gasteiger partial charge >= 0.3 is 5.97 Å². The normalized spacial score (nSPS) is 43.9. The van der Waals surface area contributed by atoms with Gasteiger partial charge in [0.25, 0.3) is 0 Å². The Hall–Kier alpha value is -0.920. The quantitative estimate of drug-likeness (QED) is 0.136. The Balaban J connectivity index is 1.35. The molecule has 16 atom stereocenters. The zero-order chi connectivity index (χ0) is 37.3. The van der Waals surface area contributed by atoms with Gasteiger partial charge in [0.05, 0.1) is 54.7 Å². The zero-order valence-electron chi connectivity index (χ0n) is 32.3. The van der Waals surface area contributed by atoms with E-state index < -0.39 is 47.2 Å². The number of nitrogens with one attached hydrogen (secondary N) is 1. The number of halogens is 1. The van der Waals surface area contributed by atoms with Crippen LogP contribution >= 0.6 is 15.9 Å². The molecule has 0 radical (unpaired) electrons. The van der Waals surface area contributed by atoms with Crippen LogP contribution in [-0.2, 0) is 33.3 Å². The van der Waals surface area contributed by atoms with Gasteiger partial charge in [0, 0.05) is 42.0 Å². The van der Waals surface area contributed by atoms with Crippen molar-refractivity contribution in [2.75, 3.05) is 11.9 Å². The van der Waals surface area contributed by atoms with Gasteiger partial charge in [-0.15, -0.1) is 0 Å². The summed E-state index contributed by atoms with van der Waals surface area (Å²) in [5.74, 6) is -4.16. The standard InChI is InChI=1S/C40H66BrNO9/c1-9-30(35(46)27(6)34(45)28(7)36-23(2)13-14-29(48-36)22-33(43)44)37-24(3)21-25(4)39(49-37)16-15-31(42-20-19-41)40(51-39)18-17-38(8,50-40)32-12-10-11-26(5)47-32/h15-16,23-32,34,36-37,42,45H,9-14,17-22H2,1-8H3,(H,43,44)/t23-,24-,25+,26-,27-,28-,29+,30?,31+,32+,34+,36+,37-,38-,39-,40-/m0/s1. The smallest absolute Gasteiger partial charge is 0.305 e. The van der Waals surface area contributed by atoms with Gasteiger partial charge < -0.3 is 39.2 Å². The summed E-state index contributed by atoms with van der Waals surface area (Å²) >= 11 is 3.57. The molecule has 5 heterocycles. The number of ketones is 1. The zero-order valence-corrected chi connectivity index (χ0v) is 33.9. The Bertz CT molecular complexity index is 1240. The molecular formula is C40H66BrNO9. The highest BCUT2D eigenvalue weighted by Gasteiger charge is 2.62. The Morgan fingerprint density at radius 3 is 2.41 bits per heavy atom. The molecule has 0 aliphatic carbocycles. The molecule has 5 aliphatic rings. The van der Waals surface area contributed by atoms with Gasteiger partial charge in [0.2, 0.25) is 0 Å². The highest BCUT2D eigenvalue weighted by molar-refractivity contribution is 9.09. The first-order chi connectivity index (χ1) is 24.1. The van der Waals surface area contributed by atoms with Crippen molar-refractivity contribution < 1.29 is 43.5 Å². The molecule has 5 aliphatic heterocycles. The van der Waals surface area contributed by atoms with Crippen molar-refractivity contribution >= 4 is 27.7 Å². The highest BCUT2D eigenvalue weighted by atomic mass is 79.9. The van der Waals surface area contributed by atoms with E-state index in [0.29, 0.717) is 19.3 Å². The number of alkyl halides is 1. The molecule has 2 spiro atoms. The fourth-order valence-corrected chi connectivity index (χ4v) is 10.2. The van der Waals surface area contributed by atoms with Crippen LogP contribution in [-0.4, -0.2) is 93.7 Å². The lowest BCUT2D eigenvalue weighted by molar-refractivity contribution is -0.397. The van der Waals surface area contributed by atoms with E-state index in [1.165, 1.54) is 0 Å². The number of carboxylic acid groups (broad SMARTS) is 1. The number of aliphatic hydroxyl groups excluding tert-OH is 1. The van der Waals surface area contributed by atoms with Crippen LogP contribution in [0, 0.1) is 35.5 Å². The summed E-state index contributed by atoms with van der Waals surface area (Å²) in [6.45, 7) is 17.2. The van der Waals surface area contributed by atoms with Gasteiger partial charge in [-0.05, 0) is 83.1 Å². The van der Waals surface area contributed by atoms with E-state index >= 15 is 0 Å². The molecule has 0 aromatic carbocycles. The van der Waals surface area contributed by atoms with Crippen molar-refractivity contribution in [1.82, 2.24) is 5.32 Å². The lowest BCUT2D eigenvalue weighted by atomic mass is 9.72. The number of ether oxygens (including phenoxy) is 5. The van der Waals surface area contributed by atoms with E-state index in [1.807, 2.05) is 20.8 Å². The number of Topliss-reactive ketones (excluding diaryl/α,β-unsaturated/α-hetero) is 1. The van der Waals surface area contributed by atoms with Gasteiger partial charge in [0.1, 0.15) is 5.78 Å². The second-order valence-electron chi connectivity index (χ2n) is 17.0. The first-order valence-corrected chi connectivity index (χ1v) is 21.0. The predicted molar refractivity (Wildman–Crippen MR) is 198 cm³/mol. The Morgan fingerprint density at radius 2 is 1.75 bits per heavy atom. The largest absolute Gasteiger partial charge is 0.481 e. The van der Waals surface area contributed by atoms with Crippen LogP contribution in [0.2, 0.25) is 0 Å². The average molecular weight is 785 g/mol. The molecular weight excluding hydrogens is 718 g/mol. The van der Waals surface area contributed by atoms with Gasteiger partial charge in [-0.25, -0.2) is 0 Å². The predicted octanol–water partition coefficient (Wildman–Crippen LogP) is 6.79. The van der Waals surface area contributed by atoms with Crippen LogP contribution in [0.25, 0.3) is 0 Å². The van der Waals surface area contributed by atoms with E-state index in [1.54, 1.807) is 0 Å². The topological polar surface area (TPSA) is 133 Å². The SMILES string of the molecule is CCC(C(=O)[C@@H](C)[C@@H](O)[C@H](C)[C@@H]1O[C@@H](CC(=O)O)CC[C@@H]1C)[C@H]1O[C@]2(C=C[C@@H](NCCBr)[C@]3(CC[C@@](C)([C@H]4CCC[C@H](C)O4)O3)O2)[C@H](C)C[C@@H]1C. The van der Waals surface area contributed by atoms with Gasteiger partial charge in [-0.2, -0.15) is 0 Å². The third kappa shape index (κ3) is 8.66. The number of hydrogen-bond donors (Lipinski definition) is 3. The fraction of sp³-hybridized carbons (Fsp3) is 0.900. The van der Waals surface area contributed by atoms with Crippen LogP contribution in [0.4, 0.5) is 0 Å². The number of carbonyl (C=O) groups excluding carboxylic acids is 1. The molecule has 4 fully saturated rings. The maximum atomic E-state index is 14.4. The van der Waals surface area contributed by atoms with E-state index in [0.717, 1.165) is 50.4 Å². The lowest BCUT2D eigenvalue weighted by Crippen LogP contribution is -2.65. The second-order valence-corrected chi connectivity index (χ2v) is 17.8. The molecule has 51 heavy (non-hydrogen) atoms. The number of carboxylic acids is 1. The van der Waals surface area contributed by atoms with E-state index in [4.69, 9.17) is 23.7 Å². The summed E-state index contributed by atoms with van der Waals surface area (Å²) < 4.78 is 34.2. The number of aliphatic carboxylic acids is 1. The van der Waals surface area contributed by atoms with Crippen LogP contribution in [0.15, 0.2) is 12.2 Å². The van der Waals surface area contributed by atoms with Crippen LogP contribution in [0.1, 0.15) is 120 Å². The third-order valence-electron chi connectivity index (χ3n) is 13.1. The molecule has 0 saturated carbocycles. The number of rotatable bonds is 13. The van der Waals surface area contributed by atoms with Crippen LogP contribution in [0.5, 0.6) is 0 Å². The Kier molecular flexibility index (Phi) is 13.6. The third-order valence-corrected chi connectivity index (χ3v) is 13.5. The molecule has 0 bridgehead atoms. The van der Waals surface area contributed by atoms with Gasteiger partial charge in [-0.1, -0.05) is 63.5 Å². The van der Waals surface area contributed by atoms with E-state index in [2.05, 4.69) is 68.0 Å². The highest BCUT2D eigenvalue weighted by Crippen LogP contribution is 2.53. The molecule has 11 heteroatoms. The van der Waals surface area contributed by atoms with Crippen molar-refractivity contribution in [3.8, 4) is 0 Å². The maximum Gasteiger partial charge on any atom is 0.305 e. The molecule has 3 N–H and O–H groups in total. The summed E-state index contributed by atoms with van der Waals surface area (Å²) in [6, 6.07) is -0.183. The molecule has 0 aromatic rings. The number of hydrogen-bond acceptors (Lipinski definition) is 9. The number of carbonyl (C=O) groups is 2. The van der Waals surface area contributed by atoms with E-state index in [-0.39, 0.29) is 66.3 Å². The fourth-order valence-electron chi connectivity index (χ4n) is 9.95. The van der Waals surface area contributed by atoms with Crippen molar-refractivity contribution in [2.24, 2.45) is 35.5 Å². The second kappa shape index (κ2) is 16.8. The molecule has 5 rings (SSSR count). The summed E-state index contributed by atoms with van der Waals surface area (Å²) in [4.78, 5) is 25.8. The minimum Gasteiger partial charge on any atom is -0.481 e. The van der Waals surface area contributed by atoms with Gasteiger partial charge in [-0.3, -0.25) is 9.59 Å². The summed E-state index contributed by atoms with van der Waals surface area (Å²) in [5, 5.41) is 25.5. The van der Waals surface area contributed by atoms with Crippen molar-refractivity contribution in [3.05, 3.63) is 12.2 Å². The Morgan fingerprint density at radius 1 is 1.00 bits per heavy atom. The minimum absolute atomic E-state index is 0.00902. The lowest BCUT2D eigenvalue weighted by Gasteiger charge is -2.55. The van der Waals surface area contributed by atoms with Crippen LogP contribution < -0.4 is 5.32 Å². The first-order valence-electron chi connectivity index (χ1n) is 19.9. The monoisotopic (exact) mass is 783 g/mol. The van der Waals surface area contributed by atoms with Crippen LogP contribution in [0.3, 0.4) is 0 Å². The molecule has 0 aromatic heterocycles. The maximum absolute atomic E-state index is 14.4. The summed E-state index contributed by atoms with van der Waals surface area (Å²) in [5.41, 5.74) is -0.503. The molecule has 292 valence electrons. The van der Waals surface area contributed by atoms with Crippen molar-refractivity contribution in [3.63, 3.8) is 0 Å². The molecule has 10 nitrogen and oxygen atoms in total. The molecule has 0 amide bonds. The van der Waals surface area contributed by atoms with Gasteiger partial charge in [0.15, 0.2) is 11.6 Å². The van der Waals surface area contributed by atoms with Crippen molar-refractivity contribution in [2.45, 2.75) is 179 Å². The van der Waals surface area contributed by atoms with Crippen molar-refractivity contribution in [1.29, 1.82) is 0 Å². The average Bonchev–Trinajstić information content (AvgIpc) is 3.43. The molecule has 1 unspecified atom stereocenters. The summed E-state index contributed by atoms with van der Waals surface area (Å²) in [7, 11) is 0.